The van der Waals surface area contributed by atoms with E-state index in [0.29, 0.717) is 6.54 Å². The van der Waals surface area contributed by atoms with E-state index in [-0.39, 0.29) is 0 Å². The molecule has 3 rings (SSSR count). The fourth-order valence-electron chi connectivity index (χ4n) is 2.03. The number of aromatic nitrogens is 1. The topological polar surface area (TPSA) is 52.0 Å². The van der Waals surface area contributed by atoms with Crippen molar-refractivity contribution in [3.8, 4) is 0 Å². The highest BCUT2D eigenvalue weighted by Crippen LogP contribution is 2.32. The van der Waals surface area contributed by atoms with E-state index >= 15 is 0 Å². The van der Waals surface area contributed by atoms with Gasteiger partial charge in [-0.05, 0) is 30.7 Å². The third-order valence-electron chi connectivity index (χ3n) is 3.02. The summed E-state index contributed by atoms with van der Waals surface area (Å²) in [5, 5.41) is 2.07. The Kier molecular flexibility index (Phi) is 3.27. The standard InChI is InChI=1S/C15H14N2OS/c1-10-14(6-7-18-10)19-15-8-11(9-16)12-4-2-3-5-13(12)17-15/h2-8H,9,16H2,1H3. The number of fused-ring (bicyclic) bond motifs is 1. The maximum Gasteiger partial charge on any atom is 0.114 e. The molecule has 0 fully saturated rings. The minimum atomic E-state index is 0.515. The Morgan fingerprint density at radius 3 is 2.84 bits per heavy atom. The van der Waals surface area contributed by atoms with Crippen LogP contribution in [0.15, 0.2) is 57.0 Å². The number of aryl methyl sites for hydroxylation is 1. The van der Waals surface area contributed by atoms with Crippen molar-refractivity contribution < 1.29 is 4.42 Å². The molecule has 0 saturated carbocycles. The molecule has 2 heterocycles. The smallest absolute Gasteiger partial charge is 0.114 e. The van der Waals surface area contributed by atoms with E-state index in [2.05, 4.69) is 17.1 Å². The number of nitrogens with zero attached hydrogens (tertiary/aromatic N) is 1. The molecule has 0 aliphatic carbocycles. The number of benzene rings is 1. The molecule has 0 atom stereocenters. The van der Waals surface area contributed by atoms with Crippen molar-refractivity contribution in [1.82, 2.24) is 4.98 Å². The molecule has 3 nitrogen and oxygen atoms in total. The van der Waals surface area contributed by atoms with E-state index in [0.717, 1.165) is 32.1 Å². The number of furan rings is 1. The van der Waals surface area contributed by atoms with E-state index in [1.54, 1.807) is 18.0 Å². The second-order valence-electron chi connectivity index (χ2n) is 4.28. The maximum atomic E-state index is 5.83. The summed E-state index contributed by atoms with van der Waals surface area (Å²) >= 11 is 1.60. The van der Waals surface area contributed by atoms with Gasteiger partial charge in [-0.25, -0.2) is 4.98 Å². The molecule has 4 heteroatoms. The van der Waals surface area contributed by atoms with Gasteiger partial charge >= 0.3 is 0 Å². The van der Waals surface area contributed by atoms with Crippen molar-refractivity contribution in [1.29, 1.82) is 0 Å². The van der Waals surface area contributed by atoms with E-state index < -0.39 is 0 Å². The number of pyridine rings is 1. The Bertz CT molecular complexity index is 721. The van der Waals surface area contributed by atoms with Crippen molar-refractivity contribution in [2.75, 3.05) is 0 Å². The second-order valence-corrected chi connectivity index (χ2v) is 5.35. The predicted octanol–water partition coefficient (Wildman–Crippen LogP) is 3.75. The Morgan fingerprint density at radius 2 is 2.11 bits per heavy atom. The number of nitrogens with two attached hydrogens (primary N) is 1. The van der Waals surface area contributed by atoms with Crippen molar-refractivity contribution in [2.24, 2.45) is 5.73 Å². The Labute approximate surface area is 115 Å². The maximum absolute atomic E-state index is 5.83. The molecule has 0 spiro atoms. The molecule has 3 aromatic rings. The highest BCUT2D eigenvalue weighted by molar-refractivity contribution is 7.99. The fourth-order valence-corrected chi connectivity index (χ4v) is 2.92. The average Bonchev–Trinajstić information content (AvgIpc) is 2.83. The van der Waals surface area contributed by atoms with Gasteiger partial charge in [-0.1, -0.05) is 30.0 Å². The Morgan fingerprint density at radius 1 is 1.26 bits per heavy atom. The minimum absolute atomic E-state index is 0.515. The lowest BCUT2D eigenvalue weighted by molar-refractivity contribution is 0.527. The number of hydrogen-bond acceptors (Lipinski definition) is 4. The van der Waals surface area contributed by atoms with Gasteiger partial charge in [0.05, 0.1) is 16.7 Å². The van der Waals surface area contributed by atoms with Crippen LogP contribution in [0.4, 0.5) is 0 Å². The SMILES string of the molecule is Cc1occc1Sc1cc(CN)c2ccccc2n1. The van der Waals surface area contributed by atoms with Crippen LogP contribution < -0.4 is 5.73 Å². The first-order valence-corrected chi connectivity index (χ1v) is 6.90. The van der Waals surface area contributed by atoms with E-state index in [1.165, 1.54) is 0 Å². The molecule has 0 bridgehead atoms. The van der Waals surface area contributed by atoms with Gasteiger partial charge in [-0.15, -0.1) is 0 Å². The van der Waals surface area contributed by atoms with Crippen LogP contribution in [-0.2, 0) is 6.54 Å². The second kappa shape index (κ2) is 5.07. The third-order valence-corrected chi connectivity index (χ3v) is 4.09. The van der Waals surface area contributed by atoms with Gasteiger partial charge in [0.1, 0.15) is 10.8 Å². The molecule has 0 aliphatic heterocycles. The molecule has 0 saturated heterocycles. The zero-order valence-corrected chi connectivity index (χ0v) is 11.4. The van der Waals surface area contributed by atoms with Crippen LogP contribution in [0.2, 0.25) is 0 Å². The van der Waals surface area contributed by atoms with Gasteiger partial charge < -0.3 is 10.2 Å². The van der Waals surface area contributed by atoms with Crippen LogP contribution >= 0.6 is 11.8 Å². The quantitative estimate of drug-likeness (QED) is 0.787. The lowest BCUT2D eigenvalue weighted by Crippen LogP contribution is -1.99. The molecule has 0 aliphatic rings. The Hall–Kier alpha value is -1.78. The van der Waals surface area contributed by atoms with Gasteiger partial charge in [-0.2, -0.15) is 0 Å². The highest BCUT2D eigenvalue weighted by atomic mass is 32.2. The van der Waals surface area contributed by atoms with Gasteiger partial charge in [0.15, 0.2) is 0 Å². The first kappa shape index (κ1) is 12.3. The predicted molar refractivity (Wildman–Crippen MR) is 77.2 cm³/mol. The number of rotatable bonds is 3. The minimum Gasteiger partial charge on any atom is -0.468 e. The molecular formula is C15H14N2OS. The highest BCUT2D eigenvalue weighted by Gasteiger charge is 2.08. The summed E-state index contributed by atoms with van der Waals surface area (Å²) < 4.78 is 5.31. The lowest BCUT2D eigenvalue weighted by atomic mass is 10.1. The van der Waals surface area contributed by atoms with Gasteiger partial charge in [-0.3, -0.25) is 0 Å². The fraction of sp³-hybridized carbons (Fsp3) is 0.133. The average molecular weight is 270 g/mol. The molecule has 19 heavy (non-hydrogen) atoms. The van der Waals surface area contributed by atoms with Crippen molar-refractivity contribution in [2.45, 2.75) is 23.4 Å². The van der Waals surface area contributed by atoms with E-state index in [4.69, 9.17) is 10.2 Å². The monoisotopic (exact) mass is 270 g/mol. The summed E-state index contributed by atoms with van der Waals surface area (Å²) in [5.41, 5.74) is 7.93. The van der Waals surface area contributed by atoms with Crippen LogP contribution in [0.25, 0.3) is 10.9 Å². The van der Waals surface area contributed by atoms with Gasteiger partial charge in [0.2, 0.25) is 0 Å². The molecule has 1 aromatic carbocycles. The van der Waals surface area contributed by atoms with Crippen LogP contribution in [-0.4, -0.2) is 4.98 Å². The van der Waals surface area contributed by atoms with Crippen LogP contribution in [0.1, 0.15) is 11.3 Å². The summed E-state index contributed by atoms with van der Waals surface area (Å²) in [6.07, 6.45) is 1.70. The summed E-state index contributed by atoms with van der Waals surface area (Å²) in [4.78, 5) is 5.75. The van der Waals surface area contributed by atoms with Crippen LogP contribution in [0, 0.1) is 6.92 Å². The first-order chi connectivity index (χ1) is 9.28. The normalized spacial score (nSPS) is 11.1. The van der Waals surface area contributed by atoms with Crippen molar-refractivity contribution >= 4 is 22.7 Å². The summed E-state index contributed by atoms with van der Waals surface area (Å²) in [6, 6.07) is 12.1. The zero-order chi connectivity index (χ0) is 13.2. The lowest BCUT2D eigenvalue weighted by Gasteiger charge is -2.07. The zero-order valence-electron chi connectivity index (χ0n) is 10.6. The molecule has 0 radical (unpaired) electrons. The van der Waals surface area contributed by atoms with Gasteiger partial charge in [0.25, 0.3) is 0 Å². The summed E-state index contributed by atoms with van der Waals surface area (Å²) in [6.45, 7) is 2.47. The van der Waals surface area contributed by atoms with Crippen LogP contribution in [0.5, 0.6) is 0 Å². The largest absolute Gasteiger partial charge is 0.468 e. The molecule has 0 unspecified atom stereocenters. The van der Waals surface area contributed by atoms with Gasteiger partial charge in [0, 0.05) is 11.9 Å². The molecular weight excluding hydrogens is 256 g/mol. The summed E-state index contributed by atoms with van der Waals surface area (Å²) in [7, 11) is 0. The molecule has 2 N–H and O–H groups in total. The Balaban J connectivity index is 2.07. The number of para-hydroxylation sites is 1. The van der Waals surface area contributed by atoms with E-state index in [9.17, 15) is 0 Å². The molecule has 0 amide bonds. The number of hydrogen-bond donors (Lipinski definition) is 1. The summed E-state index contributed by atoms with van der Waals surface area (Å²) in [5.74, 6) is 0.911. The van der Waals surface area contributed by atoms with Crippen molar-refractivity contribution in [3.63, 3.8) is 0 Å². The first-order valence-electron chi connectivity index (χ1n) is 6.08. The van der Waals surface area contributed by atoms with Crippen LogP contribution in [0.3, 0.4) is 0 Å². The molecule has 2 aromatic heterocycles. The van der Waals surface area contributed by atoms with Crippen molar-refractivity contribution in [3.05, 3.63) is 54.0 Å². The van der Waals surface area contributed by atoms with E-state index in [1.807, 2.05) is 31.2 Å². The third kappa shape index (κ3) is 2.37. The molecule has 96 valence electrons.